The van der Waals surface area contributed by atoms with Crippen LogP contribution in [0.25, 0.3) is 0 Å². The van der Waals surface area contributed by atoms with E-state index in [0.29, 0.717) is 11.8 Å². The second-order valence-electron chi connectivity index (χ2n) is 6.29. The Morgan fingerprint density at radius 3 is 2.48 bits per heavy atom. The Bertz CT molecular complexity index is 493. The van der Waals surface area contributed by atoms with Gasteiger partial charge >= 0.3 is 0 Å². The molecule has 1 saturated carbocycles. The van der Waals surface area contributed by atoms with Crippen LogP contribution >= 0.6 is 0 Å². The maximum absolute atomic E-state index is 5.29. The second-order valence-corrected chi connectivity index (χ2v) is 6.29. The molecule has 5 heteroatoms. The predicted molar refractivity (Wildman–Crippen MR) is 85.1 cm³/mol. The van der Waals surface area contributed by atoms with Crippen molar-refractivity contribution in [3.8, 4) is 0 Å². The molecule has 1 aliphatic heterocycles. The highest BCUT2D eigenvalue weighted by Gasteiger charge is 2.30. The van der Waals surface area contributed by atoms with Crippen molar-refractivity contribution in [1.82, 2.24) is 9.97 Å². The van der Waals surface area contributed by atoms with Crippen LogP contribution in [0.3, 0.4) is 0 Å². The van der Waals surface area contributed by atoms with Gasteiger partial charge in [0.1, 0.15) is 17.5 Å². The Kier molecular flexibility index (Phi) is 4.29. The molecule has 0 bridgehead atoms. The van der Waals surface area contributed by atoms with E-state index < -0.39 is 0 Å². The molecular formula is C16H26N4O. The first-order chi connectivity index (χ1) is 10.2. The van der Waals surface area contributed by atoms with Gasteiger partial charge in [0.25, 0.3) is 0 Å². The Hall–Kier alpha value is -1.36. The monoisotopic (exact) mass is 290 g/mol. The SMILES string of the molecule is CNc1nc(C2CC2)nc(N2CCC(COC)CC2)c1C. The van der Waals surface area contributed by atoms with E-state index in [9.17, 15) is 0 Å². The first kappa shape index (κ1) is 14.6. The number of rotatable bonds is 5. The summed E-state index contributed by atoms with van der Waals surface area (Å²) in [6.07, 6.45) is 4.85. The molecule has 1 aromatic rings. The summed E-state index contributed by atoms with van der Waals surface area (Å²) < 4.78 is 5.29. The third-order valence-electron chi connectivity index (χ3n) is 4.63. The van der Waals surface area contributed by atoms with Gasteiger partial charge in [0.15, 0.2) is 0 Å². The summed E-state index contributed by atoms with van der Waals surface area (Å²) in [5.74, 6) is 4.43. The van der Waals surface area contributed by atoms with Crippen LogP contribution < -0.4 is 10.2 Å². The summed E-state index contributed by atoms with van der Waals surface area (Å²) in [7, 11) is 3.74. The highest BCUT2D eigenvalue weighted by molar-refractivity contribution is 5.59. The van der Waals surface area contributed by atoms with Crippen LogP contribution in [0.2, 0.25) is 0 Å². The van der Waals surface area contributed by atoms with Crippen LogP contribution in [0.15, 0.2) is 0 Å². The third-order valence-corrected chi connectivity index (χ3v) is 4.63. The zero-order chi connectivity index (χ0) is 14.8. The Morgan fingerprint density at radius 2 is 1.90 bits per heavy atom. The van der Waals surface area contributed by atoms with Gasteiger partial charge in [-0.05, 0) is 38.5 Å². The number of aromatic nitrogens is 2. The van der Waals surface area contributed by atoms with Crippen LogP contribution in [0.1, 0.15) is 43.0 Å². The lowest BCUT2D eigenvalue weighted by Gasteiger charge is -2.33. The van der Waals surface area contributed by atoms with Crippen molar-refractivity contribution in [3.05, 3.63) is 11.4 Å². The molecule has 0 unspecified atom stereocenters. The van der Waals surface area contributed by atoms with Gasteiger partial charge in [-0.2, -0.15) is 0 Å². The average Bonchev–Trinajstić information content (AvgIpc) is 3.34. The number of anilines is 2. The summed E-state index contributed by atoms with van der Waals surface area (Å²) in [5, 5.41) is 3.23. The maximum atomic E-state index is 5.29. The number of hydrogen-bond donors (Lipinski definition) is 1. The van der Waals surface area contributed by atoms with Gasteiger partial charge in [0, 0.05) is 45.3 Å². The van der Waals surface area contributed by atoms with Gasteiger partial charge in [-0.3, -0.25) is 0 Å². The molecule has 1 aromatic heterocycles. The molecule has 3 rings (SSSR count). The van der Waals surface area contributed by atoms with E-state index in [2.05, 4.69) is 22.1 Å². The van der Waals surface area contributed by atoms with Crippen molar-refractivity contribution in [1.29, 1.82) is 0 Å². The molecule has 116 valence electrons. The van der Waals surface area contributed by atoms with Crippen molar-refractivity contribution in [3.63, 3.8) is 0 Å². The third kappa shape index (κ3) is 3.12. The van der Waals surface area contributed by atoms with Crippen molar-refractivity contribution in [2.45, 2.75) is 38.5 Å². The average molecular weight is 290 g/mol. The second kappa shape index (κ2) is 6.18. The molecule has 5 nitrogen and oxygen atoms in total. The number of ether oxygens (including phenoxy) is 1. The first-order valence-electron chi connectivity index (χ1n) is 8.03. The minimum Gasteiger partial charge on any atom is -0.384 e. The predicted octanol–water partition coefficient (Wildman–Crippen LogP) is 2.57. The van der Waals surface area contributed by atoms with Crippen LogP contribution in [0.5, 0.6) is 0 Å². The summed E-state index contributed by atoms with van der Waals surface area (Å²) in [5.41, 5.74) is 1.17. The number of piperidine rings is 1. The van der Waals surface area contributed by atoms with Crippen LogP contribution in [0.4, 0.5) is 11.6 Å². The highest BCUT2D eigenvalue weighted by Crippen LogP contribution is 2.40. The van der Waals surface area contributed by atoms with E-state index in [1.165, 1.54) is 31.2 Å². The smallest absolute Gasteiger partial charge is 0.137 e. The summed E-state index contributed by atoms with van der Waals surface area (Å²) >= 11 is 0. The molecular weight excluding hydrogens is 264 g/mol. The van der Waals surface area contributed by atoms with Gasteiger partial charge in [0.05, 0.1) is 0 Å². The van der Waals surface area contributed by atoms with E-state index >= 15 is 0 Å². The van der Waals surface area contributed by atoms with Crippen molar-refractivity contribution in [2.75, 3.05) is 44.1 Å². The van der Waals surface area contributed by atoms with Crippen LogP contribution in [0, 0.1) is 12.8 Å². The molecule has 0 amide bonds. The van der Waals surface area contributed by atoms with Gasteiger partial charge in [-0.1, -0.05) is 0 Å². The van der Waals surface area contributed by atoms with E-state index in [-0.39, 0.29) is 0 Å². The molecule has 2 fully saturated rings. The van der Waals surface area contributed by atoms with E-state index in [1.807, 2.05) is 7.05 Å². The number of nitrogens with zero attached hydrogens (tertiary/aromatic N) is 3. The van der Waals surface area contributed by atoms with Crippen molar-refractivity contribution < 1.29 is 4.74 Å². The molecule has 0 atom stereocenters. The van der Waals surface area contributed by atoms with Crippen molar-refractivity contribution in [2.24, 2.45) is 5.92 Å². The lowest BCUT2D eigenvalue weighted by atomic mass is 9.97. The van der Waals surface area contributed by atoms with Crippen LogP contribution in [-0.2, 0) is 4.74 Å². The van der Waals surface area contributed by atoms with Gasteiger partial charge in [-0.15, -0.1) is 0 Å². The van der Waals surface area contributed by atoms with E-state index in [4.69, 9.17) is 9.72 Å². The number of methoxy groups -OCH3 is 1. The molecule has 1 N–H and O–H groups in total. The minimum absolute atomic E-state index is 0.586. The summed E-state index contributed by atoms with van der Waals surface area (Å²) in [4.78, 5) is 12.0. The first-order valence-corrected chi connectivity index (χ1v) is 8.03. The minimum atomic E-state index is 0.586. The standard InChI is InChI=1S/C16H26N4O/c1-11-14(17-2)18-15(13-4-5-13)19-16(11)20-8-6-12(7-9-20)10-21-3/h12-13H,4-10H2,1-3H3,(H,17,18,19). The maximum Gasteiger partial charge on any atom is 0.137 e. The largest absolute Gasteiger partial charge is 0.384 e. The highest BCUT2D eigenvalue weighted by atomic mass is 16.5. The van der Waals surface area contributed by atoms with E-state index in [1.54, 1.807) is 7.11 Å². The molecule has 0 radical (unpaired) electrons. The zero-order valence-corrected chi connectivity index (χ0v) is 13.4. The van der Waals surface area contributed by atoms with E-state index in [0.717, 1.165) is 37.2 Å². The Balaban J connectivity index is 1.79. The lowest BCUT2D eigenvalue weighted by molar-refractivity contribution is 0.139. The zero-order valence-electron chi connectivity index (χ0n) is 13.4. The lowest BCUT2D eigenvalue weighted by Crippen LogP contribution is -2.36. The summed E-state index contributed by atoms with van der Waals surface area (Å²) in [6.45, 7) is 5.14. The Labute approximate surface area is 127 Å². The van der Waals surface area contributed by atoms with Gasteiger partial charge in [-0.25, -0.2) is 9.97 Å². The number of hydrogen-bond acceptors (Lipinski definition) is 5. The molecule has 2 aliphatic rings. The fourth-order valence-corrected chi connectivity index (χ4v) is 3.14. The fraction of sp³-hybridized carbons (Fsp3) is 0.750. The van der Waals surface area contributed by atoms with Crippen LogP contribution in [-0.4, -0.2) is 43.8 Å². The van der Waals surface area contributed by atoms with Gasteiger partial charge < -0.3 is 15.0 Å². The van der Waals surface area contributed by atoms with Gasteiger partial charge in [0.2, 0.25) is 0 Å². The Morgan fingerprint density at radius 1 is 1.19 bits per heavy atom. The van der Waals surface area contributed by atoms with Crippen molar-refractivity contribution >= 4 is 11.6 Å². The fourth-order valence-electron chi connectivity index (χ4n) is 3.14. The molecule has 0 spiro atoms. The molecule has 2 heterocycles. The molecule has 1 aliphatic carbocycles. The quantitative estimate of drug-likeness (QED) is 0.903. The molecule has 1 saturated heterocycles. The molecule has 21 heavy (non-hydrogen) atoms. The topological polar surface area (TPSA) is 50.3 Å². The summed E-state index contributed by atoms with van der Waals surface area (Å²) in [6, 6.07) is 0. The molecule has 0 aromatic carbocycles. The normalized spacial score (nSPS) is 19.9. The number of nitrogens with one attached hydrogen (secondary N) is 1.